The Kier molecular flexibility index (Phi) is 4.07. The normalized spacial score (nSPS) is 10.6. The summed E-state index contributed by atoms with van der Waals surface area (Å²) in [7, 11) is 0. The molecule has 0 spiro atoms. The molecule has 0 fully saturated rings. The first-order chi connectivity index (χ1) is 12.7. The fourth-order valence-corrected chi connectivity index (χ4v) is 2.82. The molecule has 4 aromatic rings. The summed E-state index contributed by atoms with van der Waals surface area (Å²) in [6, 6.07) is 25.6. The predicted octanol–water partition coefficient (Wildman–Crippen LogP) is 4.89. The van der Waals surface area contributed by atoms with Crippen LogP contribution in [0.4, 0.5) is 0 Å². The summed E-state index contributed by atoms with van der Waals surface area (Å²) in [5, 5.41) is 20.4. The molecule has 0 amide bonds. The molecule has 0 aliphatic heterocycles. The lowest BCUT2D eigenvalue weighted by molar-refractivity contribution is 0.477. The second kappa shape index (κ2) is 6.69. The van der Waals surface area contributed by atoms with E-state index in [-0.39, 0.29) is 11.5 Å². The lowest BCUT2D eigenvalue weighted by atomic mass is 10.1. The number of para-hydroxylation sites is 2. The van der Waals surface area contributed by atoms with Gasteiger partial charge in [-0.25, -0.2) is 9.97 Å². The van der Waals surface area contributed by atoms with E-state index in [1.807, 2.05) is 48.5 Å². The van der Waals surface area contributed by atoms with Crippen LogP contribution in [0.15, 0.2) is 84.9 Å². The average Bonchev–Trinajstić information content (AvgIpc) is 2.69. The van der Waals surface area contributed by atoms with E-state index in [4.69, 9.17) is 0 Å². The Hall–Kier alpha value is -3.66. The Morgan fingerprint density at radius 1 is 0.538 bits per heavy atom. The van der Waals surface area contributed by atoms with E-state index in [1.165, 1.54) is 0 Å². The Bertz CT molecular complexity index is 999. The number of phenols is 2. The van der Waals surface area contributed by atoms with Crippen molar-refractivity contribution in [3.05, 3.63) is 84.9 Å². The number of hydrogen-bond acceptors (Lipinski definition) is 4. The third-order valence-corrected chi connectivity index (χ3v) is 4.12. The smallest absolute Gasteiger partial charge is 0.164 e. The highest BCUT2D eigenvalue weighted by atomic mass is 16.3. The van der Waals surface area contributed by atoms with Crippen molar-refractivity contribution < 1.29 is 10.2 Å². The van der Waals surface area contributed by atoms with Crippen molar-refractivity contribution in [3.63, 3.8) is 0 Å². The van der Waals surface area contributed by atoms with Gasteiger partial charge in [-0.05, 0) is 30.3 Å². The van der Waals surface area contributed by atoms with Crippen molar-refractivity contribution in [2.45, 2.75) is 0 Å². The molecule has 2 N–H and O–H groups in total. The summed E-state index contributed by atoms with van der Waals surface area (Å²) in [6.07, 6.45) is 0. The molecule has 0 bridgehead atoms. The minimum absolute atomic E-state index is 0.112. The predicted molar refractivity (Wildman–Crippen MR) is 102 cm³/mol. The van der Waals surface area contributed by atoms with E-state index in [9.17, 15) is 10.2 Å². The highest BCUT2D eigenvalue weighted by molar-refractivity contribution is 5.75. The van der Waals surface area contributed by atoms with Crippen LogP contribution < -0.4 is 0 Å². The molecule has 1 heterocycles. The number of phenolic OH excluding ortho intramolecular Hbond substituents is 2. The SMILES string of the molecule is Oc1ccccc1-c1cc(-c2ccccc2)nc(-c2ccccc2O)n1. The van der Waals surface area contributed by atoms with Crippen molar-refractivity contribution in [2.75, 3.05) is 0 Å². The molecule has 0 aliphatic rings. The third-order valence-electron chi connectivity index (χ3n) is 4.12. The molecular weight excluding hydrogens is 324 g/mol. The maximum Gasteiger partial charge on any atom is 0.164 e. The number of hydrogen-bond donors (Lipinski definition) is 2. The molecular formula is C22H16N2O2. The summed E-state index contributed by atoms with van der Waals surface area (Å²) in [5.41, 5.74) is 3.40. The fourth-order valence-electron chi connectivity index (χ4n) is 2.82. The molecule has 0 saturated carbocycles. The highest BCUT2D eigenvalue weighted by Crippen LogP contribution is 2.33. The van der Waals surface area contributed by atoms with Gasteiger partial charge < -0.3 is 10.2 Å². The highest BCUT2D eigenvalue weighted by Gasteiger charge is 2.14. The number of nitrogens with zero attached hydrogens (tertiary/aromatic N) is 2. The summed E-state index contributed by atoms with van der Waals surface area (Å²) >= 11 is 0. The number of aromatic hydroxyl groups is 2. The van der Waals surface area contributed by atoms with Crippen LogP contribution in [0.25, 0.3) is 33.9 Å². The molecule has 0 saturated heterocycles. The van der Waals surface area contributed by atoms with Gasteiger partial charge in [0.05, 0.1) is 17.0 Å². The number of rotatable bonds is 3. The lowest BCUT2D eigenvalue weighted by Gasteiger charge is -2.11. The van der Waals surface area contributed by atoms with E-state index >= 15 is 0 Å². The quantitative estimate of drug-likeness (QED) is 0.557. The molecule has 3 aromatic carbocycles. The Balaban J connectivity index is 1.97. The minimum Gasteiger partial charge on any atom is -0.507 e. The van der Waals surface area contributed by atoms with Gasteiger partial charge in [-0.2, -0.15) is 0 Å². The van der Waals surface area contributed by atoms with Crippen molar-refractivity contribution in [1.29, 1.82) is 0 Å². The zero-order valence-electron chi connectivity index (χ0n) is 13.9. The van der Waals surface area contributed by atoms with Crippen molar-refractivity contribution in [2.24, 2.45) is 0 Å². The van der Waals surface area contributed by atoms with Crippen LogP contribution >= 0.6 is 0 Å². The summed E-state index contributed by atoms with van der Waals surface area (Å²) in [5.74, 6) is 0.664. The largest absolute Gasteiger partial charge is 0.507 e. The number of aromatic nitrogens is 2. The molecule has 0 radical (unpaired) electrons. The van der Waals surface area contributed by atoms with E-state index in [2.05, 4.69) is 9.97 Å². The topological polar surface area (TPSA) is 66.2 Å². The molecule has 26 heavy (non-hydrogen) atoms. The van der Waals surface area contributed by atoms with Crippen molar-refractivity contribution >= 4 is 0 Å². The molecule has 0 aliphatic carbocycles. The van der Waals surface area contributed by atoms with Crippen LogP contribution in [0.3, 0.4) is 0 Å². The van der Waals surface area contributed by atoms with Gasteiger partial charge in [-0.15, -0.1) is 0 Å². The van der Waals surface area contributed by atoms with Crippen LogP contribution in [0.1, 0.15) is 0 Å². The molecule has 4 nitrogen and oxygen atoms in total. The molecule has 4 rings (SSSR count). The first-order valence-corrected chi connectivity index (χ1v) is 8.23. The van der Waals surface area contributed by atoms with Crippen LogP contribution in [0.2, 0.25) is 0 Å². The minimum atomic E-state index is 0.112. The second-order valence-corrected chi connectivity index (χ2v) is 5.86. The van der Waals surface area contributed by atoms with E-state index in [1.54, 1.807) is 36.4 Å². The molecule has 1 aromatic heterocycles. The Morgan fingerprint density at radius 3 is 1.73 bits per heavy atom. The van der Waals surface area contributed by atoms with E-state index in [0.29, 0.717) is 22.6 Å². The lowest BCUT2D eigenvalue weighted by Crippen LogP contribution is -1.96. The zero-order chi connectivity index (χ0) is 17.9. The fraction of sp³-hybridized carbons (Fsp3) is 0. The van der Waals surface area contributed by atoms with Crippen LogP contribution in [0, 0.1) is 0 Å². The van der Waals surface area contributed by atoms with Gasteiger partial charge in [0.25, 0.3) is 0 Å². The van der Waals surface area contributed by atoms with Gasteiger partial charge >= 0.3 is 0 Å². The second-order valence-electron chi connectivity index (χ2n) is 5.86. The summed E-state index contributed by atoms with van der Waals surface area (Å²) < 4.78 is 0. The molecule has 0 atom stereocenters. The molecule has 4 heteroatoms. The van der Waals surface area contributed by atoms with Gasteiger partial charge in [0.15, 0.2) is 5.82 Å². The maximum absolute atomic E-state index is 10.2. The third kappa shape index (κ3) is 3.00. The Morgan fingerprint density at radius 2 is 1.08 bits per heavy atom. The van der Waals surface area contributed by atoms with Gasteiger partial charge in [-0.3, -0.25) is 0 Å². The van der Waals surface area contributed by atoms with E-state index in [0.717, 1.165) is 11.3 Å². The van der Waals surface area contributed by atoms with Gasteiger partial charge in [0, 0.05) is 11.1 Å². The van der Waals surface area contributed by atoms with Gasteiger partial charge in [0.1, 0.15) is 11.5 Å². The van der Waals surface area contributed by atoms with Crippen LogP contribution in [-0.2, 0) is 0 Å². The first-order valence-electron chi connectivity index (χ1n) is 8.23. The van der Waals surface area contributed by atoms with Gasteiger partial charge in [-0.1, -0.05) is 54.6 Å². The van der Waals surface area contributed by atoms with Gasteiger partial charge in [0.2, 0.25) is 0 Å². The summed E-state index contributed by atoms with van der Waals surface area (Å²) in [4.78, 5) is 9.23. The zero-order valence-corrected chi connectivity index (χ0v) is 13.9. The molecule has 126 valence electrons. The van der Waals surface area contributed by atoms with Crippen LogP contribution in [-0.4, -0.2) is 20.2 Å². The van der Waals surface area contributed by atoms with Crippen LogP contribution in [0.5, 0.6) is 11.5 Å². The van der Waals surface area contributed by atoms with Crippen molar-refractivity contribution in [3.8, 4) is 45.4 Å². The summed E-state index contributed by atoms with van der Waals surface area (Å²) in [6.45, 7) is 0. The maximum atomic E-state index is 10.2. The molecule has 0 unspecified atom stereocenters. The van der Waals surface area contributed by atoms with Crippen molar-refractivity contribution in [1.82, 2.24) is 9.97 Å². The number of benzene rings is 3. The average molecular weight is 340 g/mol. The standard InChI is InChI=1S/C22H16N2O2/c25-20-12-6-4-10-16(20)19-14-18(15-8-2-1-3-9-15)23-22(24-19)17-11-5-7-13-21(17)26/h1-14,25-26H. The Labute approximate surface area is 151 Å². The monoisotopic (exact) mass is 340 g/mol. The van der Waals surface area contributed by atoms with E-state index < -0.39 is 0 Å². The first kappa shape index (κ1) is 15.8.